The molecule has 0 atom stereocenters. The van der Waals surface area contributed by atoms with Gasteiger partial charge in [-0.15, -0.1) is 12.4 Å². The van der Waals surface area contributed by atoms with E-state index in [0.29, 0.717) is 13.2 Å². The highest BCUT2D eigenvalue weighted by Gasteiger charge is 2.02. The van der Waals surface area contributed by atoms with Crippen LogP contribution in [0.3, 0.4) is 0 Å². The second kappa shape index (κ2) is 6.40. The van der Waals surface area contributed by atoms with E-state index < -0.39 is 0 Å². The molecule has 0 spiro atoms. The van der Waals surface area contributed by atoms with Gasteiger partial charge in [0.1, 0.15) is 5.84 Å². The van der Waals surface area contributed by atoms with Crippen LogP contribution < -0.4 is 5.73 Å². The Bertz CT molecular complexity index is 302. The Balaban J connectivity index is 0.00000169. The van der Waals surface area contributed by atoms with Crippen molar-refractivity contribution in [3.63, 3.8) is 0 Å². The van der Waals surface area contributed by atoms with E-state index in [1.807, 2.05) is 31.2 Å². The Morgan fingerprint density at radius 2 is 2.07 bits per heavy atom. The molecule has 0 saturated carbocycles. The van der Waals surface area contributed by atoms with Crippen LogP contribution in [0.2, 0.25) is 0 Å². The first-order chi connectivity index (χ1) is 6.25. The molecule has 4 heteroatoms. The number of nitrogens with one attached hydrogen (secondary N) is 1. The summed E-state index contributed by atoms with van der Waals surface area (Å²) >= 11 is 0. The lowest BCUT2D eigenvalue weighted by Gasteiger charge is -2.07. The van der Waals surface area contributed by atoms with Crippen LogP contribution >= 0.6 is 12.4 Å². The van der Waals surface area contributed by atoms with Crippen LogP contribution in [0.5, 0.6) is 0 Å². The molecular weight excluding hydrogens is 200 g/mol. The summed E-state index contributed by atoms with van der Waals surface area (Å²) in [5.74, 6) is 0.0929. The van der Waals surface area contributed by atoms with Crippen molar-refractivity contribution in [3.05, 3.63) is 35.4 Å². The van der Waals surface area contributed by atoms with Crippen LogP contribution in [0.4, 0.5) is 0 Å². The van der Waals surface area contributed by atoms with Crippen LogP contribution in [0, 0.1) is 5.41 Å². The van der Waals surface area contributed by atoms with Crippen LogP contribution in [-0.2, 0) is 11.3 Å². The molecule has 0 fully saturated rings. The molecule has 0 aliphatic heterocycles. The molecule has 0 aliphatic carbocycles. The van der Waals surface area contributed by atoms with E-state index in [0.717, 1.165) is 11.1 Å². The first-order valence-corrected chi connectivity index (χ1v) is 4.25. The second-order valence-electron chi connectivity index (χ2n) is 2.71. The largest absolute Gasteiger partial charge is 0.384 e. The van der Waals surface area contributed by atoms with Gasteiger partial charge in [-0.1, -0.05) is 24.3 Å². The Labute approximate surface area is 90.2 Å². The summed E-state index contributed by atoms with van der Waals surface area (Å²) < 4.78 is 5.26. The maximum atomic E-state index is 7.33. The highest BCUT2D eigenvalue weighted by atomic mass is 35.5. The Kier molecular flexibility index (Phi) is 5.92. The van der Waals surface area contributed by atoms with Gasteiger partial charge >= 0.3 is 0 Å². The van der Waals surface area contributed by atoms with Gasteiger partial charge in [0.25, 0.3) is 0 Å². The van der Waals surface area contributed by atoms with Gasteiger partial charge in [0.15, 0.2) is 0 Å². The van der Waals surface area contributed by atoms with Gasteiger partial charge in [0.2, 0.25) is 0 Å². The fraction of sp³-hybridized carbons (Fsp3) is 0.300. The summed E-state index contributed by atoms with van der Waals surface area (Å²) in [6.45, 7) is 3.13. The summed E-state index contributed by atoms with van der Waals surface area (Å²) in [5, 5.41) is 7.33. The maximum Gasteiger partial charge on any atom is 0.123 e. The lowest BCUT2D eigenvalue weighted by atomic mass is 10.1. The Hall–Kier alpha value is -1.06. The van der Waals surface area contributed by atoms with Crippen molar-refractivity contribution in [2.24, 2.45) is 5.73 Å². The van der Waals surface area contributed by atoms with Gasteiger partial charge in [-0.3, -0.25) is 5.41 Å². The minimum atomic E-state index is 0. The molecule has 0 aromatic heterocycles. The number of ether oxygens (including phenoxy) is 1. The van der Waals surface area contributed by atoms with E-state index in [1.54, 1.807) is 0 Å². The quantitative estimate of drug-likeness (QED) is 0.595. The molecule has 0 unspecified atom stereocenters. The van der Waals surface area contributed by atoms with Crippen molar-refractivity contribution in [2.75, 3.05) is 6.61 Å². The molecule has 14 heavy (non-hydrogen) atoms. The third-order valence-corrected chi connectivity index (χ3v) is 1.77. The van der Waals surface area contributed by atoms with Crippen molar-refractivity contribution in [2.45, 2.75) is 13.5 Å². The first kappa shape index (κ1) is 12.9. The lowest BCUT2D eigenvalue weighted by Crippen LogP contribution is -2.14. The lowest BCUT2D eigenvalue weighted by molar-refractivity contribution is 0.134. The molecule has 0 amide bonds. The number of amidine groups is 1. The van der Waals surface area contributed by atoms with E-state index >= 15 is 0 Å². The Morgan fingerprint density at radius 3 is 2.64 bits per heavy atom. The van der Waals surface area contributed by atoms with Crippen molar-refractivity contribution in [1.82, 2.24) is 0 Å². The summed E-state index contributed by atoms with van der Waals surface area (Å²) in [7, 11) is 0. The normalized spacial score (nSPS) is 9.21. The number of nitrogen functional groups attached to an aromatic ring is 1. The van der Waals surface area contributed by atoms with Gasteiger partial charge < -0.3 is 10.5 Å². The molecule has 0 heterocycles. The highest BCUT2D eigenvalue weighted by molar-refractivity contribution is 5.96. The molecule has 1 rings (SSSR count). The monoisotopic (exact) mass is 214 g/mol. The molecule has 3 nitrogen and oxygen atoms in total. The number of hydrogen-bond donors (Lipinski definition) is 2. The number of halogens is 1. The number of hydrogen-bond acceptors (Lipinski definition) is 2. The zero-order valence-corrected chi connectivity index (χ0v) is 8.93. The topological polar surface area (TPSA) is 59.1 Å². The van der Waals surface area contributed by atoms with Gasteiger partial charge in [-0.05, 0) is 12.5 Å². The number of nitrogens with two attached hydrogens (primary N) is 1. The van der Waals surface area contributed by atoms with Crippen LogP contribution in [0.1, 0.15) is 18.1 Å². The van der Waals surface area contributed by atoms with Crippen molar-refractivity contribution >= 4 is 18.2 Å². The molecule has 0 aliphatic rings. The van der Waals surface area contributed by atoms with Gasteiger partial charge in [-0.2, -0.15) is 0 Å². The molecule has 3 N–H and O–H groups in total. The molecule has 0 radical (unpaired) electrons. The fourth-order valence-electron chi connectivity index (χ4n) is 1.12. The van der Waals surface area contributed by atoms with Crippen LogP contribution in [0.15, 0.2) is 24.3 Å². The van der Waals surface area contributed by atoms with Crippen molar-refractivity contribution in [1.29, 1.82) is 5.41 Å². The fourth-order valence-corrected chi connectivity index (χ4v) is 1.12. The summed E-state index contributed by atoms with van der Waals surface area (Å²) in [4.78, 5) is 0. The standard InChI is InChI=1S/C10H14N2O.ClH/c1-2-13-7-8-5-3-4-6-9(8)10(11)12;/h3-6H,2,7H2,1H3,(H3,11,12);1H. The average Bonchev–Trinajstić information content (AvgIpc) is 2.15. The third kappa shape index (κ3) is 3.36. The first-order valence-electron chi connectivity index (χ1n) is 4.25. The highest BCUT2D eigenvalue weighted by Crippen LogP contribution is 2.08. The van der Waals surface area contributed by atoms with E-state index in [9.17, 15) is 0 Å². The maximum absolute atomic E-state index is 7.33. The summed E-state index contributed by atoms with van der Waals surface area (Å²) in [5.41, 5.74) is 7.14. The smallest absolute Gasteiger partial charge is 0.123 e. The predicted molar refractivity (Wildman–Crippen MR) is 60.0 cm³/mol. The average molecular weight is 215 g/mol. The van der Waals surface area contributed by atoms with Crippen LogP contribution in [-0.4, -0.2) is 12.4 Å². The summed E-state index contributed by atoms with van der Waals surface area (Å²) in [6, 6.07) is 7.54. The summed E-state index contributed by atoms with van der Waals surface area (Å²) in [6.07, 6.45) is 0. The zero-order chi connectivity index (χ0) is 9.68. The molecule has 78 valence electrons. The second-order valence-corrected chi connectivity index (χ2v) is 2.71. The molecule has 1 aromatic rings. The van der Waals surface area contributed by atoms with E-state index in [4.69, 9.17) is 15.9 Å². The minimum absolute atomic E-state index is 0. The van der Waals surface area contributed by atoms with Crippen LogP contribution in [0.25, 0.3) is 0 Å². The van der Waals surface area contributed by atoms with E-state index in [-0.39, 0.29) is 18.2 Å². The zero-order valence-electron chi connectivity index (χ0n) is 8.12. The van der Waals surface area contributed by atoms with Gasteiger partial charge in [0, 0.05) is 12.2 Å². The Morgan fingerprint density at radius 1 is 1.43 bits per heavy atom. The van der Waals surface area contributed by atoms with Gasteiger partial charge in [-0.25, -0.2) is 0 Å². The minimum Gasteiger partial charge on any atom is -0.384 e. The van der Waals surface area contributed by atoms with E-state index in [1.165, 1.54) is 0 Å². The number of rotatable bonds is 4. The van der Waals surface area contributed by atoms with Crippen molar-refractivity contribution < 1.29 is 4.74 Å². The van der Waals surface area contributed by atoms with Crippen molar-refractivity contribution in [3.8, 4) is 0 Å². The molecular formula is C10H15ClN2O. The third-order valence-electron chi connectivity index (χ3n) is 1.77. The molecule has 0 bridgehead atoms. The molecule has 1 aromatic carbocycles. The molecule has 0 saturated heterocycles. The van der Waals surface area contributed by atoms with Gasteiger partial charge in [0.05, 0.1) is 6.61 Å². The van der Waals surface area contributed by atoms with E-state index in [2.05, 4.69) is 0 Å². The SMILES string of the molecule is CCOCc1ccccc1C(=N)N.Cl. The predicted octanol–water partition coefficient (Wildman–Crippen LogP) is 1.93. The number of benzene rings is 1.